The third-order valence-corrected chi connectivity index (χ3v) is 3.23. The largest absolute Gasteiger partial charge is 0.330 e. The van der Waals surface area contributed by atoms with E-state index in [0.717, 1.165) is 25.2 Å². The van der Waals surface area contributed by atoms with E-state index in [2.05, 4.69) is 14.9 Å². The topological polar surface area (TPSA) is 55.0 Å². The molecule has 0 spiro atoms. The lowest BCUT2D eigenvalue weighted by Gasteiger charge is -2.35. The van der Waals surface area contributed by atoms with Gasteiger partial charge in [0.15, 0.2) is 0 Å². The molecule has 1 atom stereocenters. The number of hydrogen-bond donors (Lipinski definition) is 1. The fourth-order valence-corrected chi connectivity index (χ4v) is 2.41. The Bertz CT molecular complexity index is 299. The molecule has 1 fully saturated rings. The lowest BCUT2D eigenvalue weighted by atomic mass is 9.99. The van der Waals surface area contributed by atoms with Crippen molar-refractivity contribution in [1.82, 2.24) is 14.9 Å². The summed E-state index contributed by atoms with van der Waals surface area (Å²) in [6.45, 7) is 2.86. The maximum atomic E-state index is 5.66. The van der Waals surface area contributed by atoms with E-state index < -0.39 is 0 Å². The van der Waals surface area contributed by atoms with Crippen molar-refractivity contribution in [3.05, 3.63) is 24.3 Å². The Balaban J connectivity index is 1.96. The van der Waals surface area contributed by atoms with Crippen LogP contribution in [-0.4, -0.2) is 34.0 Å². The number of piperidine rings is 1. The summed E-state index contributed by atoms with van der Waals surface area (Å²) in [4.78, 5) is 10.9. The van der Waals surface area contributed by atoms with Gasteiger partial charge >= 0.3 is 0 Å². The lowest BCUT2D eigenvalue weighted by molar-refractivity contribution is 0.132. The Labute approximate surface area is 96.9 Å². The van der Waals surface area contributed by atoms with Gasteiger partial charge in [-0.25, -0.2) is 0 Å². The van der Waals surface area contributed by atoms with Gasteiger partial charge in [0.2, 0.25) is 0 Å². The van der Waals surface area contributed by atoms with Crippen LogP contribution in [0.25, 0.3) is 0 Å². The van der Waals surface area contributed by atoms with Gasteiger partial charge in [0, 0.05) is 31.2 Å². The average molecular weight is 220 g/mol. The Morgan fingerprint density at radius 3 is 3.06 bits per heavy atom. The molecule has 0 aromatic carbocycles. The molecule has 1 unspecified atom stereocenters. The van der Waals surface area contributed by atoms with E-state index in [4.69, 9.17) is 5.73 Å². The van der Waals surface area contributed by atoms with Crippen molar-refractivity contribution in [2.75, 3.05) is 13.1 Å². The molecule has 1 aliphatic heterocycles. The monoisotopic (exact) mass is 220 g/mol. The Kier molecular flexibility index (Phi) is 4.25. The predicted molar refractivity (Wildman–Crippen MR) is 63.8 cm³/mol. The Morgan fingerprint density at radius 2 is 2.31 bits per heavy atom. The third-order valence-electron chi connectivity index (χ3n) is 3.23. The number of likely N-dealkylation sites (tertiary alicyclic amines) is 1. The van der Waals surface area contributed by atoms with Crippen LogP contribution < -0.4 is 5.73 Å². The van der Waals surface area contributed by atoms with Crippen molar-refractivity contribution in [1.29, 1.82) is 0 Å². The minimum atomic E-state index is 0.640. The normalized spacial score (nSPS) is 22.2. The first-order valence-electron chi connectivity index (χ1n) is 6.09. The van der Waals surface area contributed by atoms with Crippen LogP contribution in [0.2, 0.25) is 0 Å². The molecule has 0 radical (unpaired) electrons. The summed E-state index contributed by atoms with van der Waals surface area (Å²) in [6.07, 6.45) is 10.3. The molecule has 88 valence electrons. The van der Waals surface area contributed by atoms with Crippen LogP contribution in [0.15, 0.2) is 18.6 Å². The summed E-state index contributed by atoms with van der Waals surface area (Å²) in [6, 6.07) is 0.640. The third kappa shape index (κ3) is 3.00. The Hall–Kier alpha value is -1.00. The van der Waals surface area contributed by atoms with Gasteiger partial charge in [-0.1, -0.05) is 6.42 Å². The quantitative estimate of drug-likeness (QED) is 0.828. The molecule has 0 bridgehead atoms. The molecule has 2 rings (SSSR count). The number of nitrogens with two attached hydrogens (primary N) is 1. The van der Waals surface area contributed by atoms with Gasteiger partial charge in [-0.05, 0) is 32.4 Å². The van der Waals surface area contributed by atoms with Crippen LogP contribution in [0.3, 0.4) is 0 Å². The molecule has 1 saturated heterocycles. The van der Waals surface area contributed by atoms with Gasteiger partial charge < -0.3 is 5.73 Å². The van der Waals surface area contributed by atoms with E-state index >= 15 is 0 Å². The van der Waals surface area contributed by atoms with Crippen LogP contribution in [0, 0.1) is 0 Å². The molecule has 4 heteroatoms. The summed E-state index contributed by atoms with van der Waals surface area (Å²) < 4.78 is 0. The highest BCUT2D eigenvalue weighted by molar-refractivity contribution is 4.95. The molecule has 0 saturated carbocycles. The molecule has 2 N–H and O–H groups in total. The van der Waals surface area contributed by atoms with Crippen LogP contribution in [0.1, 0.15) is 31.4 Å². The van der Waals surface area contributed by atoms with E-state index in [9.17, 15) is 0 Å². The molecule has 0 aliphatic carbocycles. The first-order chi connectivity index (χ1) is 7.90. The highest BCUT2D eigenvalue weighted by atomic mass is 15.2. The zero-order valence-electron chi connectivity index (χ0n) is 9.68. The molecule has 0 amide bonds. The van der Waals surface area contributed by atoms with Crippen LogP contribution in [0.5, 0.6) is 0 Å². The highest BCUT2D eigenvalue weighted by Gasteiger charge is 2.21. The summed E-state index contributed by atoms with van der Waals surface area (Å²) in [5, 5.41) is 0. The zero-order chi connectivity index (χ0) is 11.2. The molecular weight excluding hydrogens is 200 g/mol. The molecule has 1 aromatic heterocycles. The number of hydrogen-bond acceptors (Lipinski definition) is 4. The maximum absolute atomic E-state index is 5.66. The van der Waals surface area contributed by atoms with Crippen LogP contribution >= 0.6 is 0 Å². The fraction of sp³-hybridized carbons (Fsp3) is 0.667. The number of nitrogens with zero attached hydrogens (tertiary/aromatic N) is 3. The van der Waals surface area contributed by atoms with Gasteiger partial charge in [0.1, 0.15) is 0 Å². The standard InChI is InChI=1S/C12H20N4/c13-5-4-12-3-1-2-8-16(12)10-11-9-14-6-7-15-11/h6-7,9,12H,1-5,8,10,13H2. The minimum Gasteiger partial charge on any atom is -0.330 e. The average Bonchev–Trinajstić information content (AvgIpc) is 2.33. The van der Waals surface area contributed by atoms with E-state index in [1.807, 2.05) is 6.20 Å². The molecule has 4 nitrogen and oxygen atoms in total. The molecule has 16 heavy (non-hydrogen) atoms. The van der Waals surface area contributed by atoms with Crippen LogP contribution in [0.4, 0.5) is 0 Å². The second kappa shape index (κ2) is 5.92. The number of aromatic nitrogens is 2. The van der Waals surface area contributed by atoms with Gasteiger partial charge in [0.05, 0.1) is 5.69 Å². The summed E-state index contributed by atoms with van der Waals surface area (Å²) >= 11 is 0. The lowest BCUT2D eigenvalue weighted by Crippen LogP contribution is -2.40. The molecule has 1 aliphatic rings. The maximum Gasteiger partial charge on any atom is 0.0726 e. The van der Waals surface area contributed by atoms with Gasteiger partial charge in [-0.3, -0.25) is 14.9 Å². The predicted octanol–water partition coefficient (Wildman–Crippen LogP) is 1.18. The van der Waals surface area contributed by atoms with Crippen molar-refractivity contribution < 1.29 is 0 Å². The van der Waals surface area contributed by atoms with Crippen molar-refractivity contribution in [2.24, 2.45) is 5.73 Å². The SMILES string of the molecule is NCCC1CCCCN1Cc1cnccn1. The molecule has 1 aromatic rings. The van der Waals surface area contributed by atoms with Gasteiger partial charge in [-0.15, -0.1) is 0 Å². The molecule has 2 heterocycles. The summed E-state index contributed by atoms with van der Waals surface area (Å²) in [5.74, 6) is 0. The van der Waals surface area contributed by atoms with E-state index in [-0.39, 0.29) is 0 Å². The van der Waals surface area contributed by atoms with Crippen molar-refractivity contribution in [3.8, 4) is 0 Å². The Morgan fingerprint density at radius 1 is 1.38 bits per heavy atom. The smallest absolute Gasteiger partial charge is 0.0726 e. The summed E-state index contributed by atoms with van der Waals surface area (Å²) in [7, 11) is 0. The van der Waals surface area contributed by atoms with Gasteiger partial charge in [0.25, 0.3) is 0 Å². The van der Waals surface area contributed by atoms with Crippen molar-refractivity contribution in [2.45, 2.75) is 38.3 Å². The first kappa shape index (κ1) is 11.5. The first-order valence-corrected chi connectivity index (χ1v) is 6.09. The van der Waals surface area contributed by atoms with E-state index in [1.54, 1.807) is 12.4 Å². The second-order valence-corrected chi connectivity index (χ2v) is 4.39. The zero-order valence-corrected chi connectivity index (χ0v) is 9.68. The minimum absolute atomic E-state index is 0.640. The number of rotatable bonds is 4. The van der Waals surface area contributed by atoms with Crippen molar-refractivity contribution >= 4 is 0 Å². The van der Waals surface area contributed by atoms with Gasteiger partial charge in [-0.2, -0.15) is 0 Å². The molecular formula is C12H20N4. The fourth-order valence-electron chi connectivity index (χ4n) is 2.41. The second-order valence-electron chi connectivity index (χ2n) is 4.39. The summed E-state index contributed by atoms with van der Waals surface area (Å²) in [5.41, 5.74) is 6.72. The van der Waals surface area contributed by atoms with E-state index in [0.29, 0.717) is 6.04 Å². The highest BCUT2D eigenvalue weighted by Crippen LogP contribution is 2.20. The van der Waals surface area contributed by atoms with E-state index in [1.165, 1.54) is 25.8 Å². The van der Waals surface area contributed by atoms with Crippen molar-refractivity contribution in [3.63, 3.8) is 0 Å². The van der Waals surface area contributed by atoms with Crippen LogP contribution in [-0.2, 0) is 6.54 Å².